The van der Waals surface area contributed by atoms with Gasteiger partial charge in [0.05, 0.1) is 0 Å². The molecule has 0 aromatic heterocycles. The molecule has 0 saturated heterocycles. The van der Waals surface area contributed by atoms with Gasteiger partial charge in [-0.25, -0.2) is 0 Å². The van der Waals surface area contributed by atoms with Crippen molar-refractivity contribution in [3.8, 4) is 11.5 Å². The van der Waals surface area contributed by atoms with E-state index in [1.54, 1.807) is 36.4 Å². The molecule has 6 heteroatoms. The average molecular weight is 469 g/mol. The maximum atomic E-state index is 13.3. The summed E-state index contributed by atoms with van der Waals surface area (Å²) in [5.41, 5.74) is 1.79. The van der Waals surface area contributed by atoms with Crippen molar-refractivity contribution in [3.63, 3.8) is 0 Å². The Bertz CT molecular complexity index is 910. The SMILES string of the molecule is CC[Si](CC)(CC)Oc1cc2c(cc1O[Si](CC)(CC)CC)C(=O)c1ccccc1C2=O. The van der Waals surface area contributed by atoms with E-state index in [1.807, 2.05) is 0 Å². The Labute approximate surface area is 194 Å². The lowest BCUT2D eigenvalue weighted by Crippen LogP contribution is -2.41. The fourth-order valence-corrected chi connectivity index (χ4v) is 9.78. The maximum Gasteiger partial charge on any atom is 0.250 e. The molecule has 0 atom stereocenters. The average Bonchev–Trinajstić information content (AvgIpc) is 2.85. The zero-order valence-electron chi connectivity index (χ0n) is 20.3. The van der Waals surface area contributed by atoms with Crippen molar-refractivity contribution in [3.05, 3.63) is 58.7 Å². The second-order valence-electron chi connectivity index (χ2n) is 8.74. The molecule has 4 nitrogen and oxygen atoms in total. The van der Waals surface area contributed by atoms with Crippen LogP contribution in [0.4, 0.5) is 0 Å². The number of hydrogen-bond donors (Lipinski definition) is 0. The van der Waals surface area contributed by atoms with Crippen molar-refractivity contribution in [2.24, 2.45) is 0 Å². The third-order valence-corrected chi connectivity index (χ3v) is 16.5. The minimum Gasteiger partial charge on any atom is -0.541 e. The molecule has 172 valence electrons. The van der Waals surface area contributed by atoms with Gasteiger partial charge in [0.25, 0.3) is 16.6 Å². The van der Waals surface area contributed by atoms with Gasteiger partial charge in [-0.1, -0.05) is 65.8 Å². The highest BCUT2D eigenvalue weighted by Crippen LogP contribution is 2.41. The van der Waals surface area contributed by atoms with Crippen molar-refractivity contribution in [1.29, 1.82) is 0 Å². The Morgan fingerprint density at radius 1 is 0.562 bits per heavy atom. The van der Waals surface area contributed by atoms with Gasteiger partial charge < -0.3 is 8.85 Å². The van der Waals surface area contributed by atoms with Crippen LogP contribution in [-0.4, -0.2) is 28.2 Å². The number of rotatable bonds is 10. The predicted molar refractivity (Wildman–Crippen MR) is 135 cm³/mol. The Kier molecular flexibility index (Phi) is 7.45. The van der Waals surface area contributed by atoms with Gasteiger partial charge in [0, 0.05) is 22.3 Å². The lowest BCUT2D eigenvalue weighted by atomic mass is 9.84. The van der Waals surface area contributed by atoms with Crippen LogP contribution in [-0.2, 0) is 0 Å². The normalized spacial score (nSPS) is 13.6. The van der Waals surface area contributed by atoms with Crippen molar-refractivity contribution in [2.45, 2.75) is 77.8 Å². The van der Waals surface area contributed by atoms with E-state index in [0.717, 1.165) is 36.3 Å². The summed E-state index contributed by atoms with van der Waals surface area (Å²) in [6.07, 6.45) is 0. The van der Waals surface area contributed by atoms with E-state index in [1.165, 1.54) is 0 Å². The second-order valence-corrected chi connectivity index (χ2v) is 18.1. The van der Waals surface area contributed by atoms with E-state index < -0.39 is 16.6 Å². The van der Waals surface area contributed by atoms with Crippen LogP contribution in [0.3, 0.4) is 0 Å². The van der Waals surface area contributed by atoms with Crippen molar-refractivity contribution in [2.75, 3.05) is 0 Å². The predicted octanol–water partition coefficient (Wildman–Crippen LogP) is 7.23. The van der Waals surface area contributed by atoms with Gasteiger partial charge in [-0.05, 0) is 48.4 Å². The highest BCUT2D eigenvalue weighted by Gasteiger charge is 2.38. The molecule has 2 aromatic rings. The highest BCUT2D eigenvalue weighted by molar-refractivity contribution is 6.75. The van der Waals surface area contributed by atoms with Gasteiger partial charge in [-0.3, -0.25) is 9.59 Å². The molecule has 0 radical (unpaired) electrons. The quantitative estimate of drug-likeness (QED) is 0.294. The first kappa shape index (κ1) is 24.5. The Hall–Kier alpha value is -2.19. The summed E-state index contributed by atoms with van der Waals surface area (Å²) in [7, 11) is -4.02. The highest BCUT2D eigenvalue weighted by atomic mass is 28.4. The molecule has 0 bridgehead atoms. The number of carbonyl (C=O) groups is 2. The second kappa shape index (κ2) is 9.75. The summed E-state index contributed by atoms with van der Waals surface area (Å²) in [6, 6.07) is 16.6. The van der Waals surface area contributed by atoms with Crippen molar-refractivity contribution < 1.29 is 18.4 Å². The molecule has 3 rings (SSSR count). The molecule has 0 saturated carbocycles. The van der Waals surface area contributed by atoms with Gasteiger partial charge in [-0.2, -0.15) is 0 Å². The number of ketones is 2. The zero-order chi connectivity index (χ0) is 23.5. The molecular weight excluding hydrogens is 432 g/mol. The van der Waals surface area contributed by atoms with Crippen LogP contribution in [0.2, 0.25) is 36.3 Å². The first-order valence-corrected chi connectivity index (χ1v) is 17.1. The molecule has 32 heavy (non-hydrogen) atoms. The fourth-order valence-electron chi connectivity index (χ4n) is 4.66. The van der Waals surface area contributed by atoms with E-state index in [2.05, 4.69) is 41.5 Å². The monoisotopic (exact) mass is 468 g/mol. The lowest BCUT2D eigenvalue weighted by molar-refractivity contribution is 0.0978. The Balaban J connectivity index is 2.20. The third-order valence-electron chi connectivity index (χ3n) is 7.51. The van der Waals surface area contributed by atoms with Crippen LogP contribution < -0.4 is 8.85 Å². The Morgan fingerprint density at radius 3 is 1.16 bits per heavy atom. The topological polar surface area (TPSA) is 52.6 Å². The summed E-state index contributed by atoms with van der Waals surface area (Å²) < 4.78 is 13.5. The summed E-state index contributed by atoms with van der Waals surface area (Å²) in [5.74, 6) is 1.06. The number of hydrogen-bond acceptors (Lipinski definition) is 4. The molecule has 0 N–H and O–H groups in total. The van der Waals surface area contributed by atoms with Crippen LogP contribution in [0.5, 0.6) is 11.5 Å². The number of fused-ring (bicyclic) bond motifs is 2. The molecule has 0 unspecified atom stereocenters. The molecule has 0 amide bonds. The molecule has 0 fully saturated rings. The van der Waals surface area contributed by atoms with E-state index in [-0.39, 0.29) is 11.6 Å². The molecule has 0 aliphatic heterocycles. The molecule has 0 heterocycles. The summed E-state index contributed by atoms with van der Waals surface area (Å²) >= 11 is 0. The van der Waals surface area contributed by atoms with Gasteiger partial charge in [0.1, 0.15) is 11.5 Å². The van der Waals surface area contributed by atoms with Crippen LogP contribution in [0, 0.1) is 0 Å². The van der Waals surface area contributed by atoms with Gasteiger partial charge in [0.15, 0.2) is 11.6 Å². The zero-order valence-corrected chi connectivity index (χ0v) is 22.3. The summed E-state index contributed by atoms with van der Waals surface area (Å²) in [4.78, 5) is 26.6. The molecule has 2 aromatic carbocycles. The van der Waals surface area contributed by atoms with E-state index in [0.29, 0.717) is 33.8 Å². The largest absolute Gasteiger partial charge is 0.541 e. The Morgan fingerprint density at radius 2 is 0.875 bits per heavy atom. The third kappa shape index (κ3) is 4.22. The van der Waals surface area contributed by atoms with Crippen molar-refractivity contribution >= 4 is 28.2 Å². The first-order valence-electron chi connectivity index (χ1n) is 12.1. The number of benzene rings is 2. The molecule has 1 aliphatic carbocycles. The number of carbonyl (C=O) groups excluding carboxylic acids is 2. The first-order chi connectivity index (χ1) is 15.3. The lowest BCUT2D eigenvalue weighted by Gasteiger charge is -2.34. The van der Waals surface area contributed by atoms with Crippen LogP contribution in [0.1, 0.15) is 73.4 Å². The van der Waals surface area contributed by atoms with Crippen molar-refractivity contribution in [1.82, 2.24) is 0 Å². The fraction of sp³-hybridized carbons (Fsp3) is 0.462. The molecule has 0 spiro atoms. The van der Waals surface area contributed by atoms with Crippen LogP contribution in [0.25, 0.3) is 0 Å². The van der Waals surface area contributed by atoms with E-state index in [4.69, 9.17) is 8.85 Å². The minimum atomic E-state index is -2.01. The minimum absolute atomic E-state index is 0.117. The summed E-state index contributed by atoms with van der Waals surface area (Å²) in [6.45, 7) is 13.1. The smallest absolute Gasteiger partial charge is 0.250 e. The summed E-state index contributed by atoms with van der Waals surface area (Å²) in [5, 5.41) is 0. The standard InChI is InChI=1S/C26H36O4Si2/c1-7-31(8-2,9-3)29-23-17-21-22(18-24(23)30-32(10-4,11-5)12-6)26(28)20-16-14-13-15-19(20)25(21)27/h13-18H,7-12H2,1-6H3. The maximum absolute atomic E-state index is 13.3. The van der Waals surface area contributed by atoms with E-state index >= 15 is 0 Å². The molecular formula is C26H36O4Si2. The van der Waals surface area contributed by atoms with Crippen LogP contribution >= 0.6 is 0 Å². The molecule has 1 aliphatic rings. The van der Waals surface area contributed by atoms with Gasteiger partial charge in [0.2, 0.25) is 0 Å². The van der Waals surface area contributed by atoms with Gasteiger partial charge in [-0.15, -0.1) is 0 Å². The van der Waals surface area contributed by atoms with Crippen LogP contribution in [0.15, 0.2) is 36.4 Å². The van der Waals surface area contributed by atoms with E-state index in [9.17, 15) is 9.59 Å². The van der Waals surface area contributed by atoms with Gasteiger partial charge >= 0.3 is 0 Å².